The van der Waals surface area contributed by atoms with E-state index in [4.69, 9.17) is 9.15 Å². The van der Waals surface area contributed by atoms with E-state index in [0.717, 1.165) is 52.5 Å². The summed E-state index contributed by atoms with van der Waals surface area (Å²) in [6, 6.07) is 2.00. The molecule has 1 aliphatic rings. The Morgan fingerprint density at radius 1 is 1.14 bits per heavy atom. The molecule has 180 valence electrons. The standard InChI is InChI=1S/C25H27N7O3/c1-5-18-9-17(6-7-34-18)32-22-19-8-15(20-13-31(4)29-14(20)2)10-26-24(19)35-23(22)21(28-25(32)33)16-11-27-30(3)12-16/h8,10-13,17-18H,5-7,9H2,1-4H3. The molecule has 2 atom stereocenters. The molecule has 0 spiro atoms. The molecule has 0 radical (unpaired) electrons. The van der Waals surface area contributed by atoms with Crippen molar-refractivity contribution in [2.24, 2.45) is 14.1 Å². The first-order valence-corrected chi connectivity index (χ1v) is 11.9. The maximum absolute atomic E-state index is 13.6. The van der Waals surface area contributed by atoms with Crippen LogP contribution in [0, 0.1) is 6.92 Å². The summed E-state index contributed by atoms with van der Waals surface area (Å²) in [4.78, 5) is 22.7. The van der Waals surface area contributed by atoms with Gasteiger partial charge in [-0.2, -0.15) is 15.2 Å². The highest BCUT2D eigenvalue weighted by Crippen LogP contribution is 2.38. The Hall–Kier alpha value is -3.79. The molecule has 10 nitrogen and oxygen atoms in total. The fourth-order valence-electron chi connectivity index (χ4n) is 5.15. The Balaban J connectivity index is 1.66. The van der Waals surface area contributed by atoms with E-state index < -0.39 is 0 Å². The number of aryl methyl sites for hydroxylation is 3. The molecule has 0 aliphatic carbocycles. The van der Waals surface area contributed by atoms with Gasteiger partial charge in [-0.3, -0.25) is 13.9 Å². The van der Waals surface area contributed by atoms with Crippen molar-refractivity contribution in [3.63, 3.8) is 0 Å². The quantitative estimate of drug-likeness (QED) is 0.391. The van der Waals surface area contributed by atoms with Crippen LogP contribution in [-0.2, 0) is 18.8 Å². The third kappa shape index (κ3) is 3.56. The highest BCUT2D eigenvalue weighted by Gasteiger charge is 2.29. The normalized spacial score (nSPS) is 18.6. The molecule has 1 aliphatic heterocycles. The van der Waals surface area contributed by atoms with E-state index in [9.17, 15) is 4.79 Å². The Morgan fingerprint density at radius 3 is 2.71 bits per heavy atom. The van der Waals surface area contributed by atoms with Crippen LogP contribution in [0.4, 0.5) is 0 Å². The molecule has 0 aromatic carbocycles. The van der Waals surface area contributed by atoms with E-state index in [1.165, 1.54) is 0 Å². The van der Waals surface area contributed by atoms with Crippen LogP contribution in [0.2, 0.25) is 0 Å². The van der Waals surface area contributed by atoms with Gasteiger partial charge in [0, 0.05) is 62.0 Å². The Labute approximate surface area is 201 Å². The van der Waals surface area contributed by atoms with Crippen molar-refractivity contribution in [1.29, 1.82) is 0 Å². The predicted octanol–water partition coefficient (Wildman–Crippen LogP) is 3.78. The highest BCUT2D eigenvalue weighted by atomic mass is 16.5. The fourth-order valence-corrected chi connectivity index (χ4v) is 5.15. The average molecular weight is 474 g/mol. The van der Waals surface area contributed by atoms with E-state index in [1.807, 2.05) is 39.5 Å². The van der Waals surface area contributed by atoms with Crippen molar-refractivity contribution >= 4 is 22.2 Å². The van der Waals surface area contributed by atoms with Crippen LogP contribution in [0.3, 0.4) is 0 Å². The van der Waals surface area contributed by atoms with E-state index in [0.29, 0.717) is 23.6 Å². The van der Waals surface area contributed by atoms with Gasteiger partial charge in [0.15, 0.2) is 5.58 Å². The van der Waals surface area contributed by atoms with Gasteiger partial charge in [-0.1, -0.05) is 6.92 Å². The van der Waals surface area contributed by atoms with Gasteiger partial charge in [0.1, 0.15) is 11.2 Å². The second kappa shape index (κ2) is 8.16. The van der Waals surface area contributed by atoms with Gasteiger partial charge in [0.2, 0.25) is 5.71 Å². The number of pyridine rings is 1. The van der Waals surface area contributed by atoms with Crippen LogP contribution in [0.5, 0.6) is 0 Å². The SMILES string of the molecule is CCC1CC(n2c(=O)nc(-c3cnn(C)c3)c3oc4ncc(-c5cn(C)nc5C)cc4c32)CCO1. The number of hydrogen-bond donors (Lipinski definition) is 0. The van der Waals surface area contributed by atoms with Crippen LogP contribution in [0.15, 0.2) is 40.1 Å². The highest BCUT2D eigenvalue weighted by molar-refractivity contribution is 6.06. The third-order valence-electron chi connectivity index (χ3n) is 6.85. The number of ether oxygens (including phenoxy) is 1. The Kier molecular flexibility index (Phi) is 5.06. The molecule has 35 heavy (non-hydrogen) atoms. The lowest BCUT2D eigenvalue weighted by Gasteiger charge is -2.30. The summed E-state index contributed by atoms with van der Waals surface area (Å²) in [6.45, 7) is 4.69. The van der Waals surface area contributed by atoms with Crippen molar-refractivity contribution < 1.29 is 9.15 Å². The van der Waals surface area contributed by atoms with Gasteiger partial charge in [-0.25, -0.2) is 9.78 Å². The second-order valence-corrected chi connectivity index (χ2v) is 9.25. The third-order valence-corrected chi connectivity index (χ3v) is 6.85. The minimum Gasteiger partial charge on any atom is -0.434 e. The zero-order chi connectivity index (χ0) is 24.3. The number of rotatable bonds is 4. The van der Waals surface area contributed by atoms with E-state index in [2.05, 4.69) is 27.1 Å². The molecule has 1 saturated heterocycles. The summed E-state index contributed by atoms with van der Waals surface area (Å²) in [5, 5.41) is 9.52. The molecule has 0 N–H and O–H groups in total. The van der Waals surface area contributed by atoms with Crippen molar-refractivity contribution in [3.05, 3.63) is 47.0 Å². The number of furan rings is 1. The molecule has 6 rings (SSSR count). The van der Waals surface area contributed by atoms with Gasteiger partial charge in [0.05, 0.1) is 23.4 Å². The Bertz CT molecular complexity index is 1620. The lowest BCUT2D eigenvalue weighted by molar-refractivity contribution is -0.00709. The number of hydrogen-bond acceptors (Lipinski definition) is 7. The first-order chi connectivity index (χ1) is 16.9. The summed E-state index contributed by atoms with van der Waals surface area (Å²) in [5.74, 6) is 0. The second-order valence-electron chi connectivity index (χ2n) is 9.25. The summed E-state index contributed by atoms with van der Waals surface area (Å²) in [5.41, 5.74) is 5.45. The average Bonchev–Trinajstić information content (AvgIpc) is 3.54. The summed E-state index contributed by atoms with van der Waals surface area (Å²) in [6.07, 6.45) is 9.78. The molecule has 0 bridgehead atoms. The van der Waals surface area contributed by atoms with Gasteiger partial charge in [-0.05, 0) is 32.3 Å². The lowest BCUT2D eigenvalue weighted by Crippen LogP contribution is -2.34. The van der Waals surface area contributed by atoms with Gasteiger partial charge in [0.25, 0.3) is 0 Å². The molecular weight excluding hydrogens is 446 g/mol. The largest absolute Gasteiger partial charge is 0.434 e. The van der Waals surface area contributed by atoms with E-state index in [1.54, 1.807) is 26.3 Å². The maximum atomic E-state index is 13.6. The lowest BCUT2D eigenvalue weighted by atomic mass is 10.0. The van der Waals surface area contributed by atoms with Crippen LogP contribution >= 0.6 is 0 Å². The van der Waals surface area contributed by atoms with Gasteiger partial charge in [-0.15, -0.1) is 0 Å². The maximum Gasteiger partial charge on any atom is 0.349 e. The molecule has 1 fully saturated rings. The fraction of sp³-hybridized carbons (Fsp3) is 0.400. The topological polar surface area (TPSA) is 106 Å². The van der Waals surface area contributed by atoms with Crippen LogP contribution in [0.1, 0.15) is 37.9 Å². The van der Waals surface area contributed by atoms with E-state index in [-0.39, 0.29) is 17.8 Å². The smallest absolute Gasteiger partial charge is 0.349 e. The first kappa shape index (κ1) is 21.7. The first-order valence-electron chi connectivity index (χ1n) is 11.9. The molecular formula is C25H27N7O3. The molecule has 2 unspecified atom stereocenters. The summed E-state index contributed by atoms with van der Waals surface area (Å²) in [7, 11) is 3.73. The number of nitrogens with zero attached hydrogens (tertiary/aromatic N) is 7. The van der Waals surface area contributed by atoms with Crippen LogP contribution in [-0.4, -0.2) is 46.8 Å². The number of aromatic nitrogens is 7. The van der Waals surface area contributed by atoms with Gasteiger partial charge >= 0.3 is 5.69 Å². The van der Waals surface area contributed by atoms with Crippen LogP contribution in [0.25, 0.3) is 44.6 Å². The molecule has 0 amide bonds. The van der Waals surface area contributed by atoms with Crippen molar-refractivity contribution in [1.82, 2.24) is 34.1 Å². The summed E-state index contributed by atoms with van der Waals surface area (Å²) < 4.78 is 17.5. The van der Waals surface area contributed by atoms with Crippen molar-refractivity contribution in [2.45, 2.75) is 45.3 Å². The van der Waals surface area contributed by atoms with Crippen LogP contribution < -0.4 is 5.69 Å². The predicted molar refractivity (Wildman–Crippen MR) is 131 cm³/mol. The molecule has 6 heterocycles. The minimum absolute atomic E-state index is 0.0382. The molecule has 0 saturated carbocycles. The molecule has 5 aromatic heterocycles. The van der Waals surface area contributed by atoms with Crippen molar-refractivity contribution in [2.75, 3.05) is 6.61 Å². The zero-order valence-electron chi connectivity index (χ0n) is 20.2. The zero-order valence-corrected chi connectivity index (χ0v) is 20.2. The van der Waals surface area contributed by atoms with Crippen molar-refractivity contribution in [3.8, 4) is 22.4 Å². The monoisotopic (exact) mass is 473 g/mol. The summed E-state index contributed by atoms with van der Waals surface area (Å²) >= 11 is 0. The van der Waals surface area contributed by atoms with E-state index >= 15 is 0 Å². The molecule has 5 aromatic rings. The minimum atomic E-state index is -0.302. The number of fused-ring (bicyclic) bond motifs is 3. The molecule has 10 heteroatoms. The Morgan fingerprint density at radius 2 is 2.00 bits per heavy atom. The van der Waals surface area contributed by atoms with Gasteiger partial charge < -0.3 is 9.15 Å².